The Balaban J connectivity index is 1.61. The average Bonchev–Trinajstić information content (AvgIpc) is 3.18. The fraction of sp³-hybridized carbons (Fsp3) is 0.211. The highest BCUT2D eigenvalue weighted by molar-refractivity contribution is 7.98. The lowest BCUT2D eigenvalue weighted by atomic mass is 10.1. The van der Waals surface area contributed by atoms with Crippen molar-refractivity contribution in [3.8, 4) is 11.5 Å². The number of anilines is 1. The Labute approximate surface area is 162 Å². The van der Waals surface area contributed by atoms with Gasteiger partial charge in [-0.05, 0) is 30.7 Å². The van der Waals surface area contributed by atoms with Crippen molar-refractivity contribution in [3.63, 3.8) is 0 Å². The highest BCUT2D eigenvalue weighted by Gasteiger charge is 2.07. The minimum absolute atomic E-state index is 0.491. The molecule has 0 atom stereocenters. The molecule has 2 aromatic carbocycles. The minimum Gasteiger partial charge on any atom is -0.493 e. The van der Waals surface area contributed by atoms with Gasteiger partial charge in [-0.2, -0.15) is 10.1 Å². The molecule has 0 saturated carbocycles. The summed E-state index contributed by atoms with van der Waals surface area (Å²) in [7, 11) is 3.22. The molecule has 27 heavy (non-hydrogen) atoms. The number of hydrogen-bond acceptors (Lipinski definition) is 7. The predicted molar refractivity (Wildman–Crippen MR) is 108 cm³/mol. The van der Waals surface area contributed by atoms with Crippen molar-refractivity contribution in [1.82, 2.24) is 15.2 Å². The quantitative estimate of drug-likeness (QED) is 0.348. The second-order valence-electron chi connectivity index (χ2n) is 5.62. The summed E-state index contributed by atoms with van der Waals surface area (Å²) < 4.78 is 10.6. The molecule has 0 spiro atoms. The molecule has 0 amide bonds. The first kappa shape index (κ1) is 18.8. The SMILES string of the molecule is COc1ccc(/C(C)=N/Nc2nc(SCc3ccccc3)n[nH]2)cc1OC. The molecule has 0 bridgehead atoms. The number of nitrogens with one attached hydrogen (secondary N) is 2. The normalized spacial score (nSPS) is 11.3. The van der Waals surface area contributed by atoms with Crippen LogP contribution in [-0.2, 0) is 5.75 Å². The second kappa shape index (κ2) is 9.09. The Bertz CT molecular complexity index is 911. The third kappa shape index (κ3) is 5.01. The number of hydrogen-bond donors (Lipinski definition) is 2. The predicted octanol–water partition coefficient (Wildman–Crippen LogP) is 3.95. The van der Waals surface area contributed by atoms with E-state index >= 15 is 0 Å². The molecular weight excluding hydrogens is 362 g/mol. The first-order valence-electron chi connectivity index (χ1n) is 8.31. The zero-order chi connectivity index (χ0) is 19.1. The lowest BCUT2D eigenvalue weighted by molar-refractivity contribution is 0.355. The molecule has 3 rings (SSSR count). The van der Waals surface area contributed by atoms with Gasteiger partial charge in [0.15, 0.2) is 11.5 Å². The average molecular weight is 383 g/mol. The fourth-order valence-electron chi connectivity index (χ4n) is 2.35. The van der Waals surface area contributed by atoms with Crippen molar-refractivity contribution < 1.29 is 9.47 Å². The summed E-state index contributed by atoms with van der Waals surface area (Å²) in [6, 6.07) is 15.8. The van der Waals surface area contributed by atoms with Crippen LogP contribution in [0.25, 0.3) is 0 Å². The molecule has 7 nitrogen and oxygen atoms in total. The van der Waals surface area contributed by atoms with Crippen molar-refractivity contribution in [2.75, 3.05) is 19.6 Å². The maximum atomic E-state index is 5.32. The van der Waals surface area contributed by atoms with Crippen LogP contribution in [0.4, 0.5) is 5.95 Å². The van der Waals surface area contributed by atoms with E-state index in [0.29, 0.717) is 22.6 Å². The van der Waals surface area contributed by atoms with Gasteiger partial charge in [-0.3, -0.25) is 0 Å². The number of benzene rings is 2. The number of hydrazone groups is 1. The Kier molecular flexibility index (Phi) is 6.32. The van der Waals surface area contributed by atoms with Crippen molar-refractivity contribution >= 4 is 23.4 Å². The van der Waals surface area contributed by atoms with Gasteiger partial charge in [-0.1, -0.05) is 42.1 Å². The molecule has 0 unspecified atom stereocenters. The molecule has 0 aliphatic carbocycles. The number of nitrogens with zero attached hydrogens (tertiary/aromatic N) is 3. The molecule has 0 saturated heterocycles. The van der Waals surface area contributed by atoms with Gasteiger partial charge in [0, 0.05) is 11.3 Å². The van der Waals surface area contributed by atoms with Gasteiger partial charge in [0.05, 0.1) is 19.9 Å². The molecule has 8 heteroatoms. The van der Waals surface area contributed by atoms with Gasteiger partial charge in [-0.25, -0.2) is 10.5 Å². The maximum Gasteiger partial charge on any atom is 0.240 e. The minimum atomic E-state index is 0.491. The van der Waals surface area contributed by atoms with E-state index in [-0.39, 0.29) is 0 Å². The summed E-state index contributed by atoms with van der Waals surface area (Å²) >= 11 is 1.56. The monoisotopic (exact) mass is 383 g/mol. The molecule has 3 aromatic rings. The van der Waals surface area contributed by atoms with Crippen molar-refractivity contribution in [1.29, 1.82) is 0 Å². The van der Waals surface area contributed by atoms with Crippen LogP contribution in [0.5, 0.6) is 11.5 Å². The van der Waals surface area contributed by atoms with E-state index in [9.17, 15) is 0 Å². The number of H-pyrrole nitrogens is 1. The Morgan fingerprint density at radius 1 is 1.11 bits per heavy atom. The zero-order valence-corrected chi connectivity index (χ0v) is 16.2. The third-order valence-electron chi connectivity index (χ3n) is 3.81. The summed E-state index contributed by atoms with van der Waals surface area (Å²) in [5, 5.41) is 12.1. The third-order valence-corrected chi connectivity index (χ3v) is 4.72. The summed E-state index contributed by atoms with van der Waals surface area (Å²) in [6.45, 7) is 1.90. The number of thioether (sulfide) groups is 1. The van der Waals surface area contributed by atoms with E-state index in [1.54, 1.807) is 26.0 Å². The molecule has 0 fully saturated rings. The highest BCUT2D eigenvalue weighted by atomic mass is 32.2. The molecular formula is C19H21N5O2S. The summed E-state index contributed by atoms with van der Waals surface area (Å²) in [6.07, 6.45) is 0. The van der Waals surface area contributed by atoms with E-state index in [2.05, 4.69) is 37.8 Å². The molecule has 1 heterocycles. The van der Waals surface area contributed by atoms with Gasteiger partial charge >= 0.3 is 0 Å². The largest absolute Gasteiger partial charge is 0.493 e. The lowest BCUT2D eigenvalue weighted by Gasteiger charge is -2.09. The number of ether oxygens (including phenoxy) is 2. The van der Waals surface area contributed by atoms with Gasteiger partial charge < -0.3 is 9.47 Å². The summed E-state index contributed by atoms with van der Waals surface area (Å²) in [4.78, 5) is 4.39. The molecule has 1 aromatic heterocycles. The first-order valence-corrected chi connectivity index (χ1v) is 9.30. The second-order valence-corrected chi connectivity index (χ2v) is 6.56. The van der Waals surface area contributed by atoms with Crippen LogP contribution >= 0.6 is 11.8 Å². The summed E-state index contributed by atoms with van der Waals surface area (Å²) in [5.41, 5.74) is 5.83. The molecule has 0 aliphatic heterocycles. The van der Waals surface area contributed by atoms with E-state index in [0.717, 1.165) is 17.0 Å². The number of methoxy groups -OCH3 is 2. The number of aromatic nitrogens is 3. The van der Waals surface area contributed by atoms with Gasteiger partial charge in [-0.15, -0.1) is 5.10 Å². The lowest BCUT2D eigenvalue weighted by Crippen LogP contribution is -2.02. The van der Waals surface area contributed by atoms with Crippen molar-refractivity contribution in [2.24, 2.45) is 5.10 Å². The molecule has 2 N–H and O–H groups in total. The van der Waals surface area contributed by atoms with Crippen LogP contribution in [0.15, 0.2) is 58.8 Å². The van der Waals surface area contributed by atoms with E-state index in [4.69, 9.17) is 9.47 Å². The smallest absolute Gasteiger partial charge is 0.240 e. The molecule has 0 radical (unpaired) electrons. The molecule has 140 valence electrons. The van der Waals surface area contributed by atoms with Crippen LogP contribution in [0.1, 0.15) is 18.1 Å². The zero-order valence-electron chi connectivity index (χ0n) is 15.4. The standard InChI is InChI=1S/C19H21N5O2S/c1-13(15-9-10-16(25-2)17(11-15)26-3)21-22-18-20-19(24-23-18)27-12-14-7-5-4-6-8-14/h4-11H,12H2,1-3H3,(H2,20,22,23,24)/b21-13+. The number of rotatable bonds is 8. The first-order chi connectivity index (χ1) is 13.2. The Morgan fingerprint density at radius 2 is 1.89 bits per heavy atom. The fourth-order valence-corrected chi connectivity index (χ4v) is 3.10. The van der Waals surface area contributed by atoms with E-state index < -0.39 is 0 Å². The van der Waals surface area contributed by atoms with Crippen LogP contribution in [0.3, 0.4) is 0 Å². The van der Waals surface area contributed by atoms with Crippen molar-refractivity contribution in [3.05, 3.63) is 59.7 Å². The Hall–Kier alpha value is -3.00. The topological polar surface area (TPSA) is 84.4 Å². The summed E-state index contributed by atoms with van der Waals surface area (Å²) in [5.74, 6) is 2.64. The maximum absolute atomic E-state index is 5.32. The van der Waals surface area contributed by atoms with Crippen LogP contribution in [-0.4, -0.2) is 35.1 Å². The Morgan fingerprint density at radius 3 is 2.63 bits per heavy atom. The van der Waals surface area contributed by atoms with Crippen molar-refractivity contribution in [2.45, 2.75) is 17.8 Å². The van der Waals surface area contributed by atoms with Gasteiger partial charge in [0.1, 0.15) is 0 Å². The van der Waals surface area contributed by atoms with Crippen LogP contribution < -0.4 is 14.9 Å². The van der Waals surface area contributed by atoms with Gasteiger partial charge in [0.25, 0.3) is 0 Å². The highest BCUT2D eigenvalue weighted by Crippen LogP contribution is 2.27. The molecule has 0 aliphatic rings. The van der Waals surface area contributed by atoms with E-state index in [1.165, 1.54) is 5.56 Å². The van der Waals surface area contributed by atoms with E-state index in [1.807, 2.05) is 43.3 Å². The van der Waals surface area contributed by atoms with Crippen LogP contribution in [0.2, 0.25) is 0 Å². The number of aromatic amines is 1. The van der Waals surface area contributed by atoms with Crippen LogP contribution in [0, 0.1) is 0 Å². The van der Waals surface area contributed by atoms with Gasteiger partial charge in [0.2, 0.25) is 11.1 Å².